The monoisotopic (exact) mass is 438 g/mol. The molecule has 0 aliphatic rings. The Labute approximate surface area is 183 Å². The highest BCUT2D eigenvalue weighted by Crippen LogP contribution is 2.24. The number of ether oxygens (including phenoxy) is 1. The molecule has 1 N–H and O–H groups in total. The van der Waals surface area contributed by atoms with E-state index in [4.69, 9.17) is 4.74 Å². The number of carbonyl (C=O) groups is 1. The molecule has 31 heavy (non-hydrogen) atoms. The van der Waals surface area contributed by atoms with Crippen molar-refractivity contribution in [2.45, 2.75) is 18.2 Å². The number of amides is 1. The first-order valence-electron chi connectivity index (χ1n) is 9.95. The molecule has 3 aromatic rings. The average Bonchev–Trinajstić information content (AvgIpc) is 2.78. The van der Waals surface area contributed by atoms with Crippen LogP contribution in [0.25, 0.3) is 0 Å². The molecule has 3 aromatic carbocycles. The normalized spacial score (nSPS) is 11.0. The van der Waals surface area contributed by atoms with E-state index in [0.29, 0.717) is 18.7 Å². The Morgan fingerprint density at radius 3 is 2.39 bits per heavy atom. The summed E-state index contributed by atoms with van der Waals surface area (Å²) in [5, 5.41) is 2.82. The van der Waals surface area contributed by atoms with Crippen molar-refractivity contribution in [3.05, 3.63) is 90.0 Å². The van der Waals surface area contributed by atoms with Crippen LogP contribution in [-0.2, 0) is 21.2 Å². The molecule has 0 aromatic heterocycles. The summed E-state index contributed by atoms with van der Waals surface area (Å²) in [6.07, 6.45) is 0.575. The summed E-state index contributed by atoms with van der Waals surface area (Å²) in [6, 6.07) is 22.9. The topological polar surface area (TPSA) is 75.7 Å². The minimum atomic E-state index is -3.91. The number of carbonyl (C=O) groups excluding carboxylic acids is 1. The lowest BCUT2D eigenvalue weighted by molar-refractivity contribution is -0.119. The predicted octanol–water partition coefficient (Wildman–Crippen LogP) is 3.56. The quantitative estimate of drug-likeness (QED) is 0.554. The van der Waals surface area contributed by atoms with Gasteiger partial charge in [0.1, 0.15) is 12.3 Å². The van der Waals surface area contributed by atoms with Crippen molar-refractivity contribution < 1.29 is 17.9 Å². The van der Waals surface area contributed by atoms with Crippen LogP contribution in [0.4, 0.5) is 5.69 Å². The van der Waals surface area contributed by atoms with Gasteiger partial charge in [-0.1, -0.05) is 48.5 Å². The molecule has 0 unspecified atom stereocenters. The third-order valence-corrected chi connectivity index (χ3v) is 6.59. The molecule has 7 heteroatoms. The van der Waals surface area contributed by atoms with Crippen molar-refractivity contribution in [3.8, 4) is 5.75 Å². The molecule has 162 valence electrons. The van der Waals surface area contributed by atoms with E-state index in [1.54, 1.807) is 49.6 Å². The van der Waals surface area contributed by atoms with Gasteiger partial charge in [-0.3, -0.25) is 9.10 Å². The number of nitrogens with zero attached hydrogens (tertiary/aromatic N) is 1. The predicted molar refractivity (Wildman–Crippen MR) is 122 cm³/mol. The Kier molecular flexibility index (Phi) is 7.31. The molecule has 0 radical (unpaired) electrons. The van der Waals surface area contributed by atoms with Gasteiger partial charge in [-0.15, -0.1) is 0 Å². The minimum absolute atomic E-state index is 0.151. The van der Waals surface area contributed by atoms with Crippen molar-refractivity contribution in [3.63, 3.8) is 0 Å². The summed E-state index contributed by atoms with van der Waals surface area (Å²) in [5.74, 6) is 0.375. The molecule has 0 fully saturated rings. The number of benzene rings is 3. The third kappa shape index (κ3) is 5.64. The number of para-hydroxylation sites is 2. The van der Waals surface area contributed by atoms with Gasteiger partial charge in [0.15, 0.2) is 0 Å². The lowest BCUT2D eigenvalue weighted by Crippen LogP contribution is -2.41. The lowest BCUT2D eigenvalue weighted by Gasteiger charge is -2.24. The SMILES string of the molecule is COc1ccccc1CCNC(=O)CN(c1ccccc1)S(=O)(=O)c1cccc(C)c1. The average molecular weight is 439 g/mol. The Morgan fingerprint density at radius 2 is 1.68 bits per heavy atom. The number of anilines is 1. The van der Waals surface area contributed by atoms with Gasteiger partial charge in [-0.05, 0) is 54.8 Å². The largest absolute Gasteiger partial charge is 0.496 e. The van der Waals surface area contributed by atoms with Crippen molar-refractivity contribution >= 4 is 21.6 Å². The van der Waals surface area contributed by atoms with Crippen LogP contribution in [0.3, 0.4) is 0 Å². The number of aryl methyl sites for hydroxylation is 1. The van der Waals surface area contributed by atoms with Gasteiger partial charge in [0.05, 0.1) is 17.7 Å². The van der Waals surface area contributed by atoms with E-state index >= 15 is 0 Å². The molecular formula is C24H26N2O4S. The van der Waals surface area contributed by atoms with Gasteiger partial charge in [-0.25, -0.2) is 8.42 Å². The zero-order chi connectivity index (χ0) is 22.3. The maximum absolute atomic E-state index is 13.3. The Bertz CT molecular complexity index is 1130. The third-order valence-electron chi connectivity index (χ3n) is 4.82. The zero-order valence-electron chi connectivity index (χ0n) is 17.6. The molecule has 3 rings (SSSR count). The number of rotatable bonds is 9. The summed E-state index contributed by atoms with van der Waals surface area (Å²) in [4.78, 5) is 12.8. The fraction of sp³-hybridized carbons (Fsp3) is 0.208. The van der Waals surface area contributed by atoms with E-state index in [-0.39, 0.29) is 17.3 Å². The molecule has 6 nitrogen and oxygen atoms in total. The van der Waals surface area contributed by atoms with Crippen LogP contribution in [0, 0.1) is 6.92 Å². The molecule has 0 heterocycles. The Hall–Kier alpha value is -3.32. The molecule has 0 saturated carbocycles. The number of nitrogens with one attached hydrogen (secondary N) is 1. The molecular weight excluding hydrogens is 412 g/mol. The fourth-order valence-corrected chi connectivity index (χ4v) is 4.77. The highest BCUT2D eigenvalue weighted by Gasteiger charge is 2.27. The number of hydrogen-bond acceptors (Lipinski definition) is 4. The molecule has 0 saturated heterocycles. The van der Waals surface area contributed by atoms with Crippen LogP contribution < -0.4 is 14.4 Å². The molecule has 0 spiro atoms. The van der Waals surface area contributed by atoms with Gasteiger partial charge >= 0.3 is 0 Å². The summed E-state index contributed by atoms with van der Waals surface area (Å²) < 4.78 is 33.1. The van der Waals surface area contributed by atoms with Crippen LogP contribution in [0.15, 0.2) is 83.8 Å². The first-order chi connectivity index (χ1) is 14.9. The van der Waals surface area contributed by atoms with E-state index in [9.17, 15) is 13.2 Å². The highest BCUT2D eigenvalue weighted by atomic mass is 32.2. The van der Waals surface area contributed by atoms with E-state index < -0.39 is 10.0 Å². The van der Waals surface area contributed by atoms with Crippen LogP contribution in [0.5, 0.6) is 5.75 Å². The molecule has 0 aliphatic heterocycles. The first kappa shape index (κ1) is 22.4. The highest BCUT2D eigenvalue weighted by molar-refractivity contribution is 7.92. The maximum atomic E-state index is 13.3. The van der Waals surface area contributed by atoms with Crippen molar-refractivity contribution in [2.24, 2.45) is 0 Å². The Morgan fingerprint density at radius 1 is 0.968 bits per heavy atom. The van der Waals surface area contributed by atoms with Crippen molar-refractivity contribution in [1.82, 2.24) is 5.32 Å². The van der Waals surface area contributed by atoms with E-state index in [1.807, 2.05) is 37.3 Å². The van der Waals surface area contributed by atoms with Gasteiger partial charge in [0.25, 0.3) is 10.0 Å². The second kappa shape index (κ2) is 10.1. The number of hydrogen-bond donors (Lipinski definition) is 1. The maximum Gasteiger partial charge on any atom is 0.264 e. The molecule has 0 bridgehead atoms. The second-order valence-electron chi connectivity index (χ2n) is 7.08. The van der Waals surface area contributed by atoms with Crippen molar-refractivity contribution in [2.75, 3.05) is 24.5 Å². The van der Waals surface area contributed by atoms with Gasteiger partial charge in [-0.2, -0.15) is 0 Å². The van der Waals surface area contributed by atoms with Gasteiger partial charge < -0.3 is 10.1 Å². The number of sulfonamides is 1. The molecule has 1 amide bonds. The van der Waals surface area contributed by atoms with Crippen molar-refractivity contribution in [1.29, 1.82) is 0 Å². The van der Waals surface area contributed by atoms with Crippen LogP contribution in [0.2, 0.25) is 0 Å². The smallest absolute Gasteiger partial charge is 0.264 e. The lowest BCUT2D eigenvalue weighted by atomic mass is 10.1. The first-order valence-corrected chi connectivity index (χ1v) is 11.4. The van der Waals surface area contributed by atoms with E-state index in [1.165, 1.54) is 6.07 Å². The van der Waals surface area contributed by atoms with Crippen LogP contribution in [-0.4, -0.2) is 34.5 Å². The fourth-order valence-electron chi connectivity index (χ4n) is 3.24. The summed E-state index contributed by atoms with van der Waals surface area (Å²) in [7, 11) is -2.30. The Balaban J connectivity index is 1.75. The van der Waals surface area contributed by atoms with E-state index in [0.717, 1.165) is 21.2 Å². The van der Waals surface area contributed by atoms with Crippen LogP contribution in [0.1, 0.15) is 11.1 Å². The van der Waals surface area contributed by atoms with Gasteiger partial charge in [0, 0.05) is 6.54 Å². The number of methoxy groups -OCH3 is 1. The molecule has 0 atom stereocenters. The standard InChI is InChI=1S/C24H26N2O4S/c1-19-9-8-13-22(17-19)31(28,29)26(21-11-4-3-5-12-21)18-24(27)25-16-15-20-10-6-7-14-23(20)30-2/h3-14,17H,15-16,18H2,1-2H3,(H,25,27). The zero-order valence-corrected chi connectivity index (χ0v) is 18.4. The van der Waals surface area contributed by atoms with Gasteiger partial charge in [0.2, 0.25) is 5.91 Å². The minimum Gasteiger partial charge on any atom is -0.496 e. The summed E-state index contributed by atoms with van der Waals surface area (Å²) in [5.41, 5.74) is 2.23. The summed E-state index contributed by atoms with van der Waals surface area (Å²) >= 11 is 0. The van der Waals surface area contributed by atoms with E-state index in [2.05, 4.69) is 5.32 Å². The molecule has 0 aliphatic carbocycles. The van der Waals surface area contributed by atoms with Crippen LogP contribution >= 0.6 is 0 Å². The second-order valence-corrected chi connectivity index (χ2v) is 8.94. The summed E-state index contributed by atoms with van der Waals surface area (Å²) in [6.45, 7) is 1.88.